The average molecular weight is 458 g/mol. The maximum atomic E-state index is 13.9. The number of nitrogens with one attached hydrogen (secondary N) is 1. The van der Waals surface area contributed by atoms with Gasteiger partial charge in [-0.1, -0.05) is 30.3 Å². The Morgan fingerprint density at radius 2 is 1.71 bits per heavy atom. The molecule has 1 heterocycles. The Hall–Kier alpha value is -4.39. The van der Waals surface area contributed by atoms with Crippen LogP contribution in [-0.4, -0.2) is 23.3 Å². The molecule has 0 aliphatic heterocycles. The molecule has 0 aliphatic carbocycles. The van der Waals surface area contributed by atoms with Crippen molar-refractivity contribution >= 4 is 11.6 Å². The van der Waals surface area contributed by atoms with Gasteiger partial charge in [0.25, 0.3) is 5.91 Å². The molecular weight excluding hydrogens is 433 g/mol. The summed E-state index contributed by atoms with van der Waals surface area (Å²) in [5, 5.41) is 4.27. The van der Waals surface area contributed by atoms with Gasteiger partial charge in [0.15, 0.2) is 11.5 Å². The summed E-state index contributed by atoms with van der Waals surface area (Å²) in [6.45, 7) is 1.86. The van der Waals surface area contributed by atoms with Crippen molar-refractivity contribution in [2.75, 3.05) is 7.11 Å². The SMILES string of the molecule is COc1cc(/C(C)=N/NC(=O)c2ccccc2-n2cccc2)ccc1OCc1ccccc1F. The van der Waals surface area contributed by atoms with Crippen LogP contribution in [0.1, 0.15) is 28.4 Å². The van der Waals surface area contributed by atoms with Gasteiger partial charge < -0.3 is 14.0 Å². The summed E-state index contributed by atoms with van der Waals surface area (Å²) in [4.78, 5) is 12.8. The third-order valence-corrected chi connectivity index (χ3v) is 5.28. The van der Waals surface area contributed by atoms with Crippen LogP contribution in [0, 0.1) is 5.82 Å². The Labute approximate surface area is 197 Å². The first-order valence-electron chi connectivity index (χ1n) is 10.7. The minimum atomic E-state index is -0.324. The molecule has 7 heteroatoms. The zero-order valence-corrected chi connectivity index (χ0v) is 18.9. The van der Waals surface area contributed by atoms with Gasteiger partial charge in [-0.15, -0.1) is 0 Å². The third-order valence-electron chi connectivity index (χ3n) is 5.28. The van der Waals surface area contributed by atoms with Gasteiger partial charge in [0.05, 0.1) is 24.1 Å². The molecule has 1 amide bonds. The Balaban J connectivity index is 1.48. The van der Waals surface area contributed by atoms with Crippen LogP contribution in [0.15, 0.2) is 96.4 Å². The van der Waals surface area contributed by atoms with E-state index in [0.29, 0.717) is 28.3 Å². The van der Waals surface area contributed by atoms with Gasteiger partial charge in [-0.3, -0.25) is 4.79 Å². The summed E-state index contributed by atoms with van der Waals surface area (Å²) in [7, 11) is 1.53. The highest BCUT2D eigenvalue weighted by atomic mass is 19.1. The fourth-order valence-electron chi connectivity index (χ4n) is 3.43. The van der Waals surface area contributed by atoms with E-state index in [1.807, 2.05) is 47.3 Å². The molecule has 0 saturated carbocycles. The highest BCUT2D eigenvalue weighted by Crippen LogP contribution is 2.29. The van der Waals surface area contributed by atoms with E-state index < -0.39 is 0 Å². The van der Waals surface area contributed by atoms with Crippen molar-refractivity contribution in [1.82, 2.24) is 9.99 Å². The maximum Gasteiger partial charge on any atom is 0.273 e. The predicted molar refractivity (Wildman–Crippen MR) is 129 cm³/mol. The summed E-state index contributed by atoms with van der Waals surface area (Å²) < 4.78 is 26.9. The third kappa shape index (κ3) is 5.15. The van der Waals surface area contributed by atoms with Crippen LogP contribution in [0.2, 0.25) is 0 Å². The van der Waals surface area contributed by atoms with Crippen LogP contribution in [-0.2, 0) is 6.61 Å². The molecule has 4 rings (SSSR count). The van der Waals surface area contributed by atoms with E-state index in [1.165, 1.54) is 13.2 Å². The number of hydrogen-bond donors (Lipinski definition) is 1. The quantitative estimate of drug-likeness (QED) is 0.286. The number of para-hydroxylation sites is 1. The zero-order valence-electron chi connectivity index (χ0n) is 18.9. The molecule has 172 valence electrons. The number of methoxy groups -OCH3 is 1. The maximum absolute atomic E-state index is 13.9. The molecule has 34 heavy (non-hydrogen) atoms. The lowest BCUT2D eigenvalue weighted by atomic mass is 10.1. The molecule has 6 nitrogen and oxygen atoms in total. The van der Waals surface area contributed by atoms with E-state index in [9.17, 15) is 9.18 Å². The van der Waals surface area contributed by atoms with Crippen LogP contribution < -0.4 is 14.9 Å². The number of benzene rings is 3. The lowest BCUT2D eigenvalue weighted by molar-refractivity contribution is 0.0955. The predicted octanol–water partition coefficient (Wildman–Crippen LogP) is 5.36. The van der Waals surface area contributed by atoms with E-state index in [0.717, 1.165) is 11.3 Å². The number of aromatic nitrogens is 1. The van der Waals surface area contributed by atoms with Crippen molar-refractivity contribution in [2.24, 2.45) is 5.10 Å². The Kier molecular flexibility index (Phi) is 7.03. The van der Waals surface area contributed by atoms with Gasteiger partial charge in [0.2, 0.25) is 0 Å². The van der Waals surface area contributed by atoms with Crippen LogP contribution >= 0.6 is 0 Å². The Morgan fingerprint density at radius 1 is 0.971 bits per heavy atom. The second-order valence-electron chi connectivity index (χ2n) is 7.49. The largest absolute Gasteiger partial charge is 0.493 e. The number of rotatable bonds is 8. The smallest absolute Gasteiger partial charge is 0.273 e. The number of amides is 1. The molecule has 0 spiro atoms. The number of halogens is 1. The molecule has 1 N–H and O–H groups in total. The standard InChI is InChI=1S/C27H24FN3O3/c1-19(29-30-27(32)22-10-4-6-12-24(22)31-15-7-8-16-31)20-13-14-25(26(17-20)33-2)34-18-21-9-3-5-11-23(21)28/h3-17H,18H2,1-2H3,(H,30,32)/b29-19+. The van der Waals surface area contributed by atoms with Gasteiger partial charge >= 0.3 is 0 Å². The average Bonchev–Trinajstić information content (AvgIpc) is 3.41. The lowest BCUT2D eigenvalue weighted by Gasteiger charge is -2.13. The fraction of sp³-hybridized carbons (Fsp3) is 0.111. The minimum Gasteiger partial charge on any atom is -0.493 e. The summed E-state index contributed by atoms with van der Waals surface area (Å²) in [5.41, 5.74) is 5.68. The second-order valence-corrected chi connectivity index (χ2v) is 7.49. The second kappa shape index (κ2) is 10.5. The van der Waals surface area contributed by atoms with E-state index >= 15 is 0 Å². The van der Waals surface area contributed by atoms with Crippen LogP contribution in [0.5, 0.6) is 11.5 Å². The summed E-state index contributed by atoms with van der Waals surface area (Å²) in [6, 6.07) is 22.9. The monoisotopic (exact) mass is 457 g/mol. The van der Waals surface area contributed by atoms with Crippen molar-refractivity contribution in [3.63, 3.8) is 0 Å². The van der Waals surface area contributed by atoms with E-state index in [-0.39, 0.29) is 18.3 Å². The summed E-state index contributed by atoms with van der Waals surface area (Å²) in [5.74, 6) is 0.315. The van der Waals surface area contributed by atoms with Crippen LogP contribution in [0.3, 0.4) is 0 Å². The number of carbonyl (C=O) groups excluding carboxylic acids is 1. The molecule has 0 saturated heterocycles. The van der Waals surface area contributed by atoms with Crippen molar-refractivity contribution in [2.45, 2.75) is 13.5 Å². The Bertz CT molecular complexity index is 1320. The topological polar surface area (TPSA) is 64.8 Å². The number of hydrogen-bond acceptors (Lipinski definition) is 4. The molecule has 0 atom stereocenters. The summed E-state index contributed by atoms with van der Waals surface area (Å²) in [6.07, 6.45) is 3.76. The van der Waals surface area contributed by atoms with Crippen molar-refractivity contribution in [3.8, 4) is 17.2 Å². The molecule has 0 radical (unpaired) electrons. The van der Waals surface area contributed by atoms with Crippen LogP contribution in [0.4, 0.5) is 4.39 Å². The molecular formula is C27H24FN3O3. The fourth-order valence-corrected chi connectivity index (χ4v) is 3.43. The minimum absolute atomic E-state index is 0.0757. The first-order chi connectivity index (χ1) is 16.6. The molecule has 4 aromatic rings. The Morgan fingerprint density at radius 3 is 2.47 bits per heavy atom. The van der Waals surface area contributed by atoms with Gasteiger partial charge in [-0.2, -0.15) is 5.10 Å². The van der Waals surface area contributed by atoms with Gasteiger partial charge in [-0.25, -0.2) is 9.82 Å². The zero-order chi connectivity index (χ0) is 23.9. The molecule has 0 fully saturated rings. The highest BCUT2D eigenvalue weighted by molar-refractivity contribution is 6.02. The number of carbonyl (C=O) groups is 1. The first kappa shape index (κ1) is 22.8. The molecule has 0 unspecified atom stereocenters. The van der Waals surface area contributed by atoms with Crippen LogP contribution in [0.25, 0.3) is 5.69 Å². The molecule has 0 bridgehead atoms. The molecule has 1 aromatic heterocycles. The number of ether oxygens (including phenoxy) is 2. The van der Waals surface area contributed by atoms with Gasteiger partial charge in [0.1, 0.15) is 12.4 Å². The van der Waals surface area contributed by atoms with Crippen molar-refractivity contribution in [1.29, 1.82) is 0 Å². The molecule has 3 aromatic carbocycles. The number of nitrogens with zero attached hydrogens (tertiary/aromatic N) is 2. The van der Waals surface area contributed by atoms with Crippen molar-refractivity contribution < 1.29 is 18.7 Å². The van der Waals surface area contributed by atoms with Gasteiger partial charge in [0, 0.05) is 23.5 Å². The van der Waals surface area contributed by atoms with Gasteiger partial charge in [-0.05, 0) is 55.5 Å². The van der Waals surface area contributed by atoms with E-state index in [1.54, 1.807) is 49.4 Å². The number of hydrazone groups is 1. The lowest BCUT2D eigenvalue weighted by Crippen LogP contribution is -2.21. The van der Waals surface area contributed by atoms with E-state index in [2.05, 4.69) is 10.5 Å². The normalized spacial score (nSPS) is 11.2. The highest BCUT2D eigenvalue weighted by Gasteiger charge is 2.13. The summed E-state index contributed by atoms with van der Waals surface area (Å²) >= 11 is 0. The van der Waals surface area contributed by atoms with E-state index in [4.69, 9.17) is 9.47 Å². The first-order valence-corrected chi connectivity index (χ1v) is 10.7. The van der Waals surface area contributed by atoms with Crippen molar-refractivity contribution in [3.05, 3.63) is 114 Å². The molecule has 0 aliphatic rings.